The van der Waals surface area contributed by atoms with Gasteiger partial charge in [0.15, 0.2) is 0 Å². The van der Waals surface area contributed by atoms with Crippen LogP contribution in [0.2, 0.25) is 0 Å². The molecule has 0 spiro atoms. The maximum atomic E-state index is 11.6. The lowest BCUT2D eigenvalue weighted by Gasteiger charge is -1.89. The molecule has 3 aromatic rings. The minimum Gasteiger partial charge on any atom is -0.294 e. The van der Waals surface area contributed by atoms with Crippen LogP contribution in [-0.2, 0) is 7.05 Å². The van der Waals surface area contributed by atoms with Crippen molar-refractivity contribution in [1.29, 1.82) is 0 Å². The number of hydrogen-bond acceptors (Lipinski definition) is 2. The first-order chi connectivity index (χ1) is 6.29. The van der Waals surface area contributed by atoms with Crippen molar-refractivity contribution in [2.45, 2.75) is 0 Å². The van der Waals surface area contributed by atoms with E-state index in [1.165, 1.54) is 0 Å². The van der Waals surface area contributed by atoms with Crippen molar-refractivity contribution in [3.8, 4) is 0 Å². The standard InChI is InChI=1S/C9H7N3O/c1-11-8-5-10-7-4-2-3-6(9(11)13)12(7)8/h2-5H,1H3. The third-order valence-corrected chi connectivity index (χ3v) is 2.38. The van der Waals surface area contributed by atoms with Gasteiger partial charge in [0.05, 0.1) is 6.20 Å². The molecule has 0 aromatic carbocycles. The molecule has 0 saturated carbocycles. The van der Waals surface area contributed by atoms with Crippen LogP contribution in [0.1, 0.15) is 0 Å². The van der Waals surface area contributed by atoms with E-state index >= 15 is 0 Å². The highest BCUT2D eigenvalue weighted by Gasteiger charge is 2.10. The molecule has 0 unspecified atom stereocenters. The van der Waals surface area contributed by atoms with Gasteiger partial charge in [-0.25, -0.2) is 4.98 Å². The lowest BCUT2D eigenvalue weighted by atomic mass is 10.4. The van der Waals surface area contributed by atoms with E-state index < -0.39 is 0 Å². The molecule has 0 fully saturated rings. The van der Waals surface area contributed by atoms with Gasteiger partial charge in [-0.05, 0) is 12.1 Å². The van der Waals surface area contributed by atoms with Gasteiger partial charge in [-0.2, -0.15) is 0 Å². The van der Waals surface area contributed by atoms with Gasteiger partial charge in [0, 0.05) is 7.05 Å². The van der Waals surface area contributed by atoms with Gasteiger partial charge in [0.2, 0.25) is 0 Å². The Kier molecular flexibility index (Phi) is 0.974. The summed E-state index contributed by atoms with van der Waals surface area (Å²) in [6.45, 7) is 0. The number of nitrogens with zero attached hydrogens (tertiary/aromatic N) is 3. The SMILES string of the molecule is Cn1c(=O)c2cccc3ncc1n32. The summed E-state index contributed by atoms with van der Waals surface area (Å²) >= 11 is 0. The smallest absolute Gasteiger partial charge is 0.276 e. The first-order valence-electron chi connectivity index (χ1n) is 4.03. The van der Waals surface area contributed by atoms with Crippen molar-refractivity contribution < 1.29 is 0 Å². The fourth-order valence-corrected chi connectivity index (χ4v) is 1.70. The van der Waals surface area contributed by atoms with E-state index in [9.17, 15) is 4.79 Å². The van der Waals surface area contributed by atoms with E-state index in [4.69, 9.17) is 0 Å². The lowest BCUT2D eigenvalue weighted by Crippen LogP contribution is -2.09. The summed E-state index contributed by atoms with van der Waals surface area (Å²) in [7, 11) is 1.76. The molecule has 13 heavy (non-hydrogen) atoms. The molecule has 0 amide bonds. The van der Waals surface area contributed by atoms with Crippen LogP contribution in [0.3, 0.4) is 0 Å². The number of pyridine rings is 1. The van der Waals surface area contributed by atoms with Crippen LogP contribution in [0.15, 0.2) is 29.2 Å². The molecule has 3 rings (SSSR count). The summed E-state index contributed by atoms with van der Waals surface area (Å²) in [6.07, 6.45) is 1.71. The summed E-state index contributed by atoms with van der Waals surface area (Å²) < 4.78 is 3.47. The highest BCUT2D eigenvalue weighted by atomic mass is 16.1. The highest BCUT2D eigenvalue weighted by Crippen LogP contribution is 2.11. The maximum Gasteiger partial charge on any atom is 0.276 e. The summed E-state index contributed by atoms with van der Waals surface area (Å²) in [5, 5.41) is 0. The van der Waals surface area contributed by atoms with Crippen molar-refractivity contribution in [2.24, 2.45) is 7.05 Å². The summed E-state index contributed by atoms with van der Waals surface area (Å²) in [5.41, 5.74) is 2.39. The zero-order valence-electron chi connectivity index (χ0n) is 7.06. The van der Waals surface area contributed by atoms with Crippen LogP contribution >= 0.6 is 0 Å². The second-order valence-electron chi connectivity index (χ2n) is 3.09. The second kappa shape index (κ2) is 1.90. The predicted octanol–water partition coefficient (Wildman–Crippen LogP) is 0.624. The highest BCUT2D eigenvalue weighted by molar-refractivity contribution is 5.66. The number of aromatic nitrogens is 3. The van der Waals surface area contributed by atoms with Gasteiger partial charge in [-0.1, -0.05) is 6.07 Å². The average Bonchev–Trinajstić information content (AvgIpc) is 2.67. The molecular formula is C9H7N3O. The minimum atomic E-state index is 0.0306. The van der Waals surface area contributed by atoms with Gasteiger partial charge in [0.25, 0.3) is 5.56 Å². The normalized spacial score (nSPS) is 11.8. The quantitative estimate of drug-likeness (QED) is 0.500. The van der Waals surface area contributed by atoms with E-state index in [0.29, 0.717) is 5.52 Å². The number of rotatable bonds is 0. The Labute approximate surface area is 73.4 Å². The molecule has 4 nitrogen and oxygen atoms in total. The van der Waals surface area contributed by atoms with Crippen LogP contribution in [0.25, 0.3) is 16.8 Å². The van der Waals surface area contributed by atoms with E-state index in [1.54, 1.807) is 17.8 Å². The van der Waals surface area contributed by atoms with E-state index in [-0.39, 0.29) is 5.56 Å². The molecule has 0 radical (unpaired) electrons. The molecule has 0 bridgehead atoms. The van der Waals surface area contributed by atoms with Crippen molar-refractivity contribution in [2.75, 3.05) is 0 Å². The Morgan fingerprint density at radius 1 is 1.38 bits per heavy atom. The van der Waals surface area contributed by atoms with Gasteiger partial charge >= 0.3 is 0 Å². The number of aryl methyl sites for hydroxylation is 1. The van der Waals surface area contributed by atoms with Crippen LogP contribution in [0.4, 0.5) is 0 Å². The summed E-state index contributed by atoms with van der Waals surface area (Å²) in [6, 6.07) is 5.54. The maximum absolute atomic E-state index is 11.6. The molecule has 4 heteroatoms. The van der Waals surface area contributed by atoms with Gasteiger partial charge in [-0.15, -0.1) is 0 Å². The molecule has 0 aliphatic rings. The largest absolute Gasteiger partial charge is 0.294 e. The van der Waals surface area contributed by atoms with Gasteiger partial charge in [-0.3, -0.25) is 13.8 Å². The Bertz CT molecular complexity index is 634. The second-order valence-corrected chi connectivity index (χ2v) is 3.09. The molecule has 0 aliphatic heterocycles. The molecular weight excluding hydrogens is 166 g/mol. The fraction of sp³-hybridized carbons (Fsp3) is 0.111. The topological polar surface area (TPSA) is 39.3 Å². The Hall–Kier alpha value is -1.84. The fourth-order valence-electron chi connectivity index (χ4n) is 1.70. The van der Waals surface area contributed by atoms with Crippen molar-refractivity contribution in [1.82, 2.24) is 14.0 Å². The van der Waals surface area contributed by atoms with Gasteiger partial charge < -0.3 is 0 Å². The van der Waals surface area contributed by atoms with Crippen molar-refractivity contribution in [3.63, 3.8) is 0 Å². The molecule has 0 aliphatic carbocycles. The molecule has 64 valence electrons. The zero-order chi connectivity index (χ0) is 9.00. The molecule has 3 aromatic heterocycles. The van der Waals surface area contributed by atoms with Crippen LogP contribution in [0, 0.1) is 0 Å². The third-order valence-electron chi connectivity index (χ3n) is 2.38. The molecule has 0 saturated heterocycles. The predicted molar refractivity (Wildman–Crippen MR) is 49.1 cm³/mol. The van der Waals surface area contributed by atoms with Crippen molar-refractivity contribution >= 4 is 16.8 Å². The summed E-state index contributed by atoms with van der Waals surface area (Å²) in [4.78, 5) is 15.8. The Balaban J connectivity index is 2.86. The van der Waals surface area contributed by atoms with E-state index in [1.807, 2.05) is 22.6 Å². The minimum absolute atomic E-state index is 0.0306. The Morgan fingerprint density at radius 3 is 3.08 bits per heavy atom. The van der Waals surface area contributed by atoms with E-state index in [0.717, 1.165) is 11.3 Å². The van der Waals surface area contributed by atoms with Crippen LogP contribution in [0.5, 0.6) is 0 Å². The number of hydrogen-bond donors (Lipinski definition) is 0. The monoisotopic (exact) mass is 173 g/mol. The molecule has 3 heterocycles. The molecule has 0 atom stereocenters. The zero-order valence-corrected chi connectivity index (χ0v) is 7.06. The van der Waals surface area contributed by atoms with E-state index in [2.05, 4.69) is 4.98 Å². The van der Waals surface area contributed by atoms with Crippen molar-refractivity contribution in [3.05, 3.63) is 34.7 Å². The lowest BCUT2D eigenvalue weighted by molar-refractivity contribution is 0.922. The first kappa shape index (κ1) is 6.65. The number of imidazole rings is 2. The van der Waals surface area contributed by atoms with Crippen LogP contribution in [-0.4, -0.2) is 14.0 Å². The average molecular weight is 173 g/mol. The van der Waals surface area contributed by atoms with Gasteiger partial charge in [0.1, 0.15) is 16.8 Å². The third kappa shape index (κ3) is 0.615. The first-order valence-corrected chi connectivity index (χ1v) is 4.03. The Morgan fingerprint density at radius 2 is 2.23 bits per heavy atom. The summed E-state index contributed by atoms with van der Waals surface area (Å²) in [5.74, 6) is 0. The van der Waals surface area contributed by atoms with Crippen LogP contribution < -0.4 is 5.56 Å². The molecule has 0 N–H and O–H groups in total.